The summed E-state index contributed by atoms with van der Waals surface area (Å²) in [6, 6.07) is 4.17. The number of aromatic nitrogens is 2. The Labute approximate surface area is 93.9 Å². The molecule has 0 atom stereocenters. The van der Waals surface area contributed by atoms with Crippen molar-refractivity contribution in [2.75, 3.05) is 0 Å². The fourth-order valence-corrected chi connectivity index (χ4v) is 2.26. The number of nitrogens with zero attached hydrogens (tertiary/aromatic N) is 2. The lowest BCUT2D eigenvalue weighted by Crippen LogP contribution is -1.98. The smallest absolute Gasteiger partial charge is 0.149 e. The topological polar surface area (TPSA) is 17.8 Å². The minimum Gasteiger partial charge on any atom is -0.330 e. The standard InChI is InChI=1S/C12H14N2S/c1-2-3-4-8-14-9-7-13-12(14)11-6-5-10-15-11/h2,5-7,9-10H,1,3-4,8H2. The van der Waals surface area contributed by atoms with Gasteiger partial charge in [0.15, 0.2) is 0 Å². The third-order valence-corrected chi connectivity index (χ3v) is 3.13. The van der Waals surface area contributed by atoms with Crippen molar-refractivity contribution in [2.24, 2.45) is 0 Å². The van der Waals surface area contributed by atoms with Gasteiger partial charge in [0.05, 0.1) is 4.88 Å². The first-order chi connectivity index (χ1) is 7.42. The minimum atomic E-state index is 1.01. The summed E-state index contributed by atoms with van der Waals surface area (Å²) in [5.74, 6) is 1.08. The average Bonchev–Trinajstić information content (AvgIpc) is 2.87. The molecule has 0 saturated heterocycles. The third-order valence-electron chi connectivity index (χ3n) is 2.26. The van der Waals surface area contributed by atoms with Crippen LogP contribution in [0.3, 0.4) is 0 Å². The Kier molecular flexibility index (Phi) is 3.35. The summed E-state index contributed by atoms with van der Waals surface area (Å²) in [5, 5.41) is 2.08. The van der Waals surface area contributed by atoms with Crippen LogP contribution in [0.5, 0.6) is 0 Å². The summed E-state index contributed by atoms with van der Waals surface area (Å²) < 4.78 is 2.20. The summed E-state index contributed by atoms with van der Waals surface area (Å²) in [5.41, 5.74) is 0. The van der Waals surface area contributed by atoms with Crippen LogP contribution in [0.25, 0.3) is 10.7 Å². The van der Waals surface area contributed by atoms with Crippen LogP contribution >= 0.6 is 11.3 Å². The predicted molar refractivity (Wildman–Crippen MR) is 65.0 cm³/mol. The van der Waals surface area contributed by atoms with Gasteiger partial charge in [-0.1, -0.05) is 12.1 Å². The number of imidazole rings is 1. The van der Waals surface area contributed by atoms with Gasteiger partial charge in [-0.25, -0.2) is 4.98 Å². The minimum absolute atomic E-state index is 1.01. The zero-order valence-corrected chi connectivity index (χ0v) is 9.41. The maximum Gasteiger partial charge on any atom is 0.149 e. The molecule has 2 aromatic rings. The second-order valence-electron chi connectivity index (χ2n) is 3.35. The molecule has 0 aliphatic rings. The molecule has 0 bridgehead atoms. The van der Waals surface area contributed by atoms with Crippen molar-refractivity contribution < 1.29 is 0 Å². The molecule has 2 aromatic heterocycles. The van der Waals surface area contributed by atoms with Crippen molar-refractivity contribution in [3.05, 3.63) is 42.6 Å². The van der Waals surface area contributed by atoms with Gasteiger partial charge in [0, 0.05) is 18.9 Å². The summed E-state index contributed by atoms with van der Waals surface area (Å²) in [4.78, 5) is 5.62. The monoisotopic (exact) mass is 218 g/mol. The van der Waals surface area contributed by atoms with Gasteiger partial charge in [0.1, 0.15) is 5.82 Å². The van der Waals surface area contributed by atoms with Crippen molar-refractivity contribution in [3.63, 3.8) is 0 Å². The van der Waals surface area contributed by atoms with Crippen LogP contribution in [-0.2, 0) is 6.54 Å². The molecule has 0 amide bonds. The number of rotatable bonds is 5. The number of allylic oxidation sites excluding steroid dienone is 1. The number of unbranched alkanes of at least 4 members (excludes halogenated alkanes) is 1. The van der Waals surface area contributed by atoms with Gasteiger partial charge in [0.25, 0.3) is 0 Å². The highest BCUT2D eigenvalue weighted by Crippen LogP contribution is 2.22. The molecule has 2 heterocycles. The molecule has 3 heteroatoms. The van der Waals surface area contributed by atoms with Crippen molar-refractivity contribution in [2.45, 2.75) is 19.4 Å². The van der Waals surface area contributed by atoms with Gasteiger partial charge < -0.3 is 4.57 Å². The highest BCUT2D eigenvalue weighted by molar-refractivity contribution is 7.13. The molecule has 0 N–H and O–H groups in total. The second-order valence-corrected chi connectivity index (χ2v) is 4.30. The molecule has 0 aliphatic heterocycles. The molecule has 78 valence electrons. The van der Waals surface area contributed by atoms with E-state index < -0.39 is 0 Å². The summed E-state index contributed by atoms with van der Waals surface area (Å²) in [7, 11) is 0. The zero-order valence-electron chi connectivity index (χ0n) is 8.60. The number of aryl methyl sites for hydroxylation is 1. The molecule has 0 unspecified atom stereocenters. The molecule has 0 fully saturated rings. The van der Waals surface area contributed by atoms with Crippen LogP contribution in [-0.4, -0.2) is 9.55 Å². The quantitative estimate of drug-likeness (QED) is 0.554. The Morgan fingerprint density at radius 2 is 2.47 bits per heavy atom. The lowest BCUT2D eigenvalue weighted by atomic mass is 10.3. The van der Waals surface area contributed by atoms with Crippen LogP contribution in [0.15, 0.2) is 42.6 Å². The SMILES string of the molecule is C=CCCCn1ccnc1-c1cccs1. The zero-order chi connectivity index (χ0) is 10.5. The highest BCUT2D eigenvalue weighted by atomic mass is 32.1. The molecule has 2 nitrogen and oxygen atoms in total. The van der Waals surface area contributed by atoms with Crippen LogP contribution < -0.4 is 0 Å². The second kappa shape index (κ2) is 4.94. The summed E-state index contributed by atoms with van der Waals surface area (Å²) in [6.07, 6.45) is 8.04. The number of hydrogen-bond donors (Lipinski definition) is 0. The van der Waals surface area contributed by atoms with Crippen LogP contribution in [0.2, 0.25) is 0 Å². The Balaban J connectivity index is 2.12. The first-order valence-corrected chi connectivity index (χ1v) is 5.95. The van der Waals surface area contributed by atoms with E-state index in [1.807, 2.05) is 18.5 Å². The molecule has 15 heavy (non-hydrogen) atoms. The predicted octanol–water partition coefficient (Wildman–Crippen LogP) is 3.58. The maximum atomic E-state index is 4.38. The molecule has 0 aromatic carbocycles. The molecule has 0 saturated carbocycles. The fourth-order valence-electron chi connectivity index (χ4n) is 1.53. The fraction of sp³-hybridized carbons (Fsp3) is 0.250. The van der Waals surface area contributed by atoms with Crippen molar-refractivity contribution in [1.29, 1.82) is 0 Å². The average molecular weight is 218 g/mol. The normalized spacial score (nSPS) is 10.4. The van der Waals surface area contributed by atoms with E-state index in [9.17, 15) is 0 Å². The van der Waals surface area contributed by atoms with Gasteiger partial charge in [-0.2, -0.15) is 0 Å². The lowest BCUT2D eigenvalue weighted by Gasteiger charge is -2.04. The number of thiophene rings is 1. The van der Waals surface area contributed by atoms with E-state index in [0.29, 0.717) is 0 Å². The van der Waals surface area contributed by atoms with E-state index in [0.717, 1.165) is 25.2 Å². The Morgan fingerprint density at radius 3 is 3.20 bits per heavy atom. The van der Waals surface area contributed by atoms with E-state index in [-0.39, 0.29) is 0 Å². The first-order valence-electron chi connectivity index (χ1n) is 5.07. The van der Waals surface area contributed by atoms with E-state index >= 15 is 0 Å². The third kappa shape index (κ3) is 2.36. The molecule has 0 spiro atoms. The highest BCUT2D eigenvalue weighted by Gasteiger charge is 2.05. The largest absolute Gasteiger partial charge is 0.330 e. The van der Waals surface area contributed by atoms with Gasteiger partial charge in [-0.15, -0.1) is 17.9 Å². The van der Waals surface area contributed by atoms with Crippen LogP contribution in [0, 0.1) is 0 Å². The maximum absolute atomic E-state index is 4.38. The molecule has 0 aliphatic carbocycles. The molecule has 2 rings (SSSR count). The van der Waals surface area contributed by atoms with Gasteiger partial charge in [0.2, 0.25) is 0 Å². The van der Waals surface area contributed by atoms with Gasteiger partial charge in [-0.3, -0.25) is 0 Å². The molecular formula is C12H14N2S. The van der Waals surface area contributed by atoms with Crippen molar-refractivity contribution in [3.8, 4) is 10.7 Å². The molecular weight excluding hydrogens is 204 g/mol. The van der Waals surface area contributed by atoms with E-state index in [1.165, 1.54) is 4.88 Å². The van der Waals surface area contributed by atoms with Crippen molar-refractivity contribution in [1.82, 2.24) is 9.55 Å². The Morgan fingerprint density at radius 1 is 1.53 bits per heavy atom. The Hall–Kier alpha value is -1.35. The van der Waals surface area contributed by atoms with Crippen LogP contribution in [0.1, 0.15) is 12.8 Å². The van der Waals surface area contributed by atoms with Gasteiger partial charge >= 0.3 is 0 Å². The van der Waals surface area contributed by atoms with Gasteiger partial charge in [-0.05, 0) is 24.3 Å². The summed E-state index contributed by atoms with van der Waals surface area (Å²) >= 11 is 1.73. The van der Waals surface area contributed by atoms with Crippen molar-refractivity contribution >= 4 is 11.3 Å². The number of hydrogen-bond acceptors (Lipinski definition) is 2. The van der Waals surface area contributed by atoms with E-state index in [2.05, 4.69) is 33.6 Å². The van der Waals surface area contributed by atoms with Crippen LogP contribution in [0.4, 0.5) is 0 Å². The Bertz CT molecular complexity index is 415. The van der Waals surface area contributed by atoms with E-state index in [4.69, 9.17) is 0 Å². The van der Waals surface area contributed by atoms with E-state index in [1.54, 1.807) is 11.3 Å². The lowest BCUT2D eigenvalue weighted by molar-refractivity contribution is 0.656. The molecule has 0 radical (unpaired) electrons. The summed E-state index contributed by atoms with van der Waals surface area (Å²) in [6.45, 7) is 4.74. The first kappa shape index (κ1) is 10.2.